The maximum Gasteiger partial charge on any atom is 0.293 e. The van der Waals surface area contributed by atoms with Crippen LogP contribution in [0.15, 0.2) is 30.3 Å². The Kier molecular flexibility index (Phi) is 10.3. The lowest BCUT2D eigenvalue weighted by Crippen LogP contribution is -2.15. The maximum absolute atomic E-state index is 10.7. The van der Waals surface area contributed by atoms with E-state index in [0.717, 1.165) is 18.4 Å². The van der Waals surface area contributed by atoms with Gasteiger partial charge in [-0.25, -0.2) is 0 Å². The van der Waals surface area contributed by atoms with Crippen LogP contribution in [-0.4, -0.2) is 6.47 Å². The summed E-state index contributed by atoms with van der Waals surface area (Å²) in [7, 11) is 0. The van der Waals surface area contributed by atoms with E-state index in [1.165, 1.54) is 19.3 Å². The summed E-state index contributed by atoms with van der Waals surface area (Å²) in [6.07, 6.45) is 5.75. The molecule has 0 heterocycles. The van der Waals surface area contributed by atoms with E-state index in [1.807, 2.05) is 30.3 Å². The highest BCUT2D eigenvalue weighted by Gasteiger charge is 2.22. The van der Waals surface area contributed by atoms with E-state index in [0.29, 0.717) is 12.4 Å². The topological polar surface area (TPSA) is 26.3 Å². The van der Waals surface area contributed by atoms with Crippen molar-refractivity contribution in [2.45, 2.75) is 52.1 Å². The van der Waals surface area contributed by atoms with E-state index in [4.69, 9.17) is 4.74 Å². The Balaban J connectivity index is 0.00000324. The maximum atomic E-state index is 10.7. The molecule has 0 saturated heterocycles. The Morgan fingerprint density at radius 1 is 1.16 bits per heavy atom. The third-order valence-corrected chi connectivity index (χ3v) is 3.46. The molecule has 19 heavy (non-hydrogen) atoms. The monoisotopic (exact) mass is 284 g/mol. The van der Waals surface area contributed by atoms with E-state index < -0.39 is 0 Å². The van der Waals surface area contributed by atoms with Crippen LogP contribution < -0.4 is 0 Å². The minimum atomic E-state index is -0.0921. The van der Waals surface area contributed by atoms with Crippen molar-refractivity contribution in [2.75, 3.05) is 0 Å². The SMILES string of the molecule is CCCCCC(CC)C(OC=O)c1ccccc1.Cl. The summed E-state index contributed by atoms with van der Waals surface area (Å²) in [4.78, 5) is 10.7. The molecule has 0 aromatic heterocycles. The number of hydrogen-bond acceptors (Lipinski definition) is 2. The molecule has 2 nitrogen and oxygen atoms in total. The van der Waals surface area contributed by atoms with E-state index in [1.54, 1.807) is 0 Å². The van der Waals surface area contributed by atoms with Crippen molar-refractivity contribution >= 4 is 18.9 Å². The molecular weight excluding hydrogens is 260 g/mol. The lowest BCUT2D eigenvalue weighted by molar-refractivity contribution is -0.137. The van der Waals surface area contributed by atoms with Crippen LogP contribution in [0.25, 0.3) is 0 Å². The molecule has 1 aromatic rings. The fraction of sp³-hybridized carbons (Fsp3) is 0.562. The van der Waals surface area contributed by atoms with Gasteiger partial charge in [0.05, 0.1) is 0 Å². The number of carbonyl (C=O) groups is 1. The molecule has 0 spiro atoms. The second-order valence-corrected chi connectivity index (χ2v) is 4.73. The second kappa shape index (κ2) is 10.9. The third-order valence-electron chi connectivity index (χ3n) is 3.46. The van der Waals surface area contributed by atoms with Crippen LogP contribution in [0.2, 0.25) is 0 Å². The van der Waals surface area contributed by atoms with Gasteiger partial charge in [-0.05, 0) is 24.3 Å². The van der Waals surface area contributed by atoms with Gasteiger partial charge in [0, 0.05) is 0 Å². The number of hydrogen-bond donors (Lipinski definition) is 0. The highest BCUT2D eigenvalue weighted by Crippen LogP contribution is 2.31. The Morgan fingerprint density at radius 3 is 2.37 bits per heavy atom. The molecule has 0 amide bonds. The van der Waals surface area contributed by atoms with Crippen molar-refractivity contribution in [3.63, 3.8) is 0 Å². The van der Waals surface area contributed by atoms with Crippen LogP contribution in [0.3, 0.4) is 0 Å². The lowest BCUT2D eigenvalue weighted by atomic mass is 9.88. The number of ether oxygens (including phenoxy) is 1. The van der Waals surface area contributed by atoms with Gasteiger partial charge < -0.3 is 4.74 Å². The van der Waals surface area contributed by atoms with Crippen LogP contribution in [0, 0.1) is 5.92 Å². The molecule has 0 aliphatic heterocycles. The molecule has 0 N–H and O–H groups in total. The zero-order valence-corrected chi connectivity index (χ0v) is 12.7. The zero-order chi connectivity index (χ0) is 13.2. The number of unbranched alkanes of at least 4 members (excludes halogenated alkanes) is 2. The van der Waals surface area contributed by atoms with E-state index >= 15 is 0 Å². The largest absolute Gasteiger partial charge is 0.459 e. The Labute approximate surface area is 123 Å². The number of carbonyl (C=O) groups excluding carboxylic acids is 1. The summed E-state index contributed by atoms with van der Waals surface area (Å²) in [6, 6.07) is 10.1. The molecule has 2 unspecified atom stereocenters. The van der Waals surface area contributed by atoms with Crippen molar-refractivity contribution in [2.24, 2.45) is 5.92 Å². The van der Waals surface area contributed by atoms with Crippen LogP contribution >= 0.6 is 12.4 Å². The van der Waals surface area contributed by atoms with Gasteiger partial charge in [0.15, 0.2) is 0 Å². The summed E-state index contributed by atoms with van der Waals surface area (Å²) < 4.78 is 5.33. The predicted octanol–water partition coefficient (Wildman–Crippen LogP) is 4.93. The van der Waals surface area contributed by atoms with E-state index in [2.05, 4.69) is 13.8 Å². The molecule has 2 atom stereocenters. The number of rotatable bonds is 9. The second-order valence-electron chi connectivity index (χ2n) is 4.73. The minimum Gasteiger partial charge on any atom is -0.459 e. The van der Waals surface area contributed by atoms with Gasteiger partial charge in [-0.2, -0.15) is 0 Å². The highest BCUT2D eigenvalue weighted by atomic mass is 35.5. The first-order valence-corrected chi connectivity index (χ1v) is 6.97. The first-order valence-electron chi connectivity index (χ1n) is 6.97. The molecule has 1 rings (SSSR count). The fourth-order valence-electron chi connectivity index (χ4n) is 2.39. The minimum absolute atomic E-state index is 0. The average molecular weight is 285 g/mol. The van der Waals surface area contributed by atoms with Crippen LogP contribution in [0.5, 0.6) is 0 Å². The lowest BCUT2D eigenvalue weighted by Gasteiger charge is -2.25. The molecule has 0 bridgehead atoms. The van der Waals surface area contributed by atoms with Gasteiger partial charge in [-0.1, -0.05) is 63.4 Å². The first-order chi connectivity index (χ1) is 8.83. The summed E-state index contributed by atoms with van der Waals surface area (Å²) in [5, 5.41) is 0. The highest BCUT2D eigenvalue weighted by molar-refractivity contribution is 5.85. The Hall–Kier alpha value is -1.02. The van der Waals surface area contributed by atoms with Gasteiger partial charge in [0.1, 0.15) is 6.10 Å². The zero-order valence-electron chi connectivity index (χ0n) is 11.9. The molecule has 108 valence electrons. The summed E-state index contributed by atoms with van der Waals surface area (Å²) in [6.45, 7) is 4.96. The Morgan fingerprint density at radius 2 is 1.84 bits per heavy atom. The summed E-state index contributed by atoms with van der Waals surface area (Å²) in [5.41, 5.74) is 1.10. The molecule has 0 aliphatic carbocycles. The van der Waals surface area contributed by atoms with Crippen LogP contribution in [-0.2, 0) is 9.53 Å². The van der Waals surface area contributed by atoms with E-state index in [9.17, 15) is 4.79 Å². The van der Waals surface area contributed by atoms with Crippen molar-refractivity contribution in [3.8, 4) is 0 Å². The van der Waals surface area contributed by atoms with Gasteiger partial charge in [0.2, 0.25) is 0 Å². The molecule has 0 aliphatic rings. The molecular formula is C16H25ClO2. The molecule has 0 fully saturated rings. The molecule has 0 radical (unpaired) electrons. The molecule has 1 aromatic carbocycles. The smallest absolute Gasteiger partial charge is 0.293 e. The Bertz CT molecular complexity index is 327. The van der Waals surface area contributed by atoms with Gasteiger partial charge in [0.25, 0.3) is 6.47 Å². The fourth-order valence-corrected chi connectivity index (χ4v) is 2.39. The standard InChI is InChI=1S/C16H24O2.ClH/c1-3-5-7-10-14(4-2)16(18-13-17)15-11-8-6-9-12-15;/h6,8-9,11-14,16H,3-5,7,10H2,1-2H3;1H. The predicted molar refractivity (Wildman–Crippen MR) is 81.5 cm³/mol. The van der Waals surface area contributed by atoms with Gasteiger partial charge in [-0.15, -0.1) is 12.4 Å². The number of halogens is 1. The molecule has 3 heteroatoms. The van der Waals surface area contributed by atoms with Crippen LogP contribution in [0.4, 0.5) is 0 Å². The van der Waals surface area contributed by atoms with Crippen molar-refractivity contribution in [1.29, 1.82) is 0 Å². The quantitative estimate of drug-likeness (QED) is 0.475. The van der Waals surface area contributed by atoms with Gasteiger partial charge in [-0.3, -0.25) is 4.79 Å². The first kappa shape index (κ1) is 18.0. The summed E-state index contributed by atoms with van der Waals surface area (Å²) in [5.74, 6) is 0.421. The van der Waals surface area contributed by atoms with Crippen molar-refractivity contribution < 1.29 is 9.53 Å². The van der Waals surface area contributed by atoms with Crippen molar-refractivity contribution in [3.05, 3.63) is 35.9 Å². The van der Waals surface area contributed by atoms with Gasteiger partial charge >= 0.3 is 0 Å². The summed E-state index contributed by atoms with van der Waals surface area (Å²) >= 11 is 0. The van der Waals surface area contributed by atoms with Crippen LogP contribution in [0.1, 0.15) is 57.6 Å². The third kappa shape index (κ3) is 6.11. The average Bonchev–Trinajstić information content (AvgIpc) is 2.43. The van der Waals surface area contributed by atoms with Crippen molar-refractivity contribution in [1.82, 2.24) is 0 Å². The van der Waals surface area contributed by atoms with E-state index in [-0.39, 0.29) is 18.5 Å². The normalized spacial score (nSPS) is 13.2. The number of benzene rings is 1. The molecule has 0 saturated carbocycles.